The fraction of sp³-hybridized carbons (Fsp3) is 0.458. The fourth-order valence-corrected chi connectivity index (χ4v) is 4.53. The molecule has 0 bridgehead atoms. The van der Waals surface area contributed by atoms with E-state index in [1.807, 2.05) is 44.2 Å². The van der Waals surface area contributed by atoms with Gasteiger partial charge in [-0.25, -0.2) is 9.98 Å². The highest BCUT2D eigenvalue weighted by Crippen LogP contribution is 2.41. The summed E-state index contributed by atoms with van der Waals surface area (Å²) in [6.45, 7) is 4.98. The normalized spacial score (nSPS) is 26.3. The van der Waals surface area contributed by atoms with Crippen LogP contribution in [0.4, 0.5) is 0 Å². The maximum absolute atomic E-state index is 10.5. The summed E-state index contributed by atoms with van der Waals surface area (Å²) in [5.41, 5.74) is 4.40. The highest BCUT2D eigenvalue weighted by Gasteiger charge is 2.42. The summed E-state index contributed by atoms with van der Waals surface area (Å²) in [4.78, 5) is 13.4. The number of hydrogen-bond acceptors (Lipinski definition) is 6. The van der Waals surface area contributed by atoms with Crippen molar-refractivity contribution in [2.45, 2.75) is 63.6 Å². The number of allylic oxidation sites excluding steroid dienone is 1. The van der Waals surface area contributed by atoms with E-state index in [0.717, 1.165) is 16.6 Å². The molecule has 6 heteroatoms. The van der Waals surface area contributed by atoms with Crippen molar-refractivity contribution in [3.8, 4) is 0 Å². The lowest BCUT2D eigenvalue weighted by Gasteiger charge is -2.23. The number of para-hydroxylation sites is 2. The Bertz CT molecular complexity index is 1060. The average Bonchev–Trinajstić information content (AvgIpc) is 3.40. The number of fused-ring (bicyclic) bond motifs is 2. The number of nitrogens with zero attached hydrogens (tertiary/aromatic N) is 3. The number of aliphatic hydroxyl groups is 1. The molecule has 1 aromatic carbocycles. The molecule has 1 spiro atoms. The lowest BCUT2D eigenvalue weighted by atomic mass is 9.91. The second-order valence-corrected chi connectivity index (χ2v) is 8.70. The first kappa shape index (κ1) is 19.2. The van der Waals surface area contributed by atoms with Crippen LogP contribution in [0.1, 0.15) is 51.6 Å². The Balaban J connectivity index is 0.000000200. The van der Waals surface area contributed by atoms with Crippen molar-refractivity contribution in [3.63, 3.8) is 0 Å². The summed E-state index contributed by atoms with van der Waals surface area (Å²) in [7, 11) is 0. The second kappa shape index (κ2) is 7.51. The van der Waals surface area contributed by atoms with Crippen LogP contribution in [0.5, 0.6) is 0 Å². The number of rotatable bonds is 1. The molecule has 1 aromatic heterocycles. The molecule has 6 nitrogen and oxygen atoms in total. The summed E-state index contributed by atoms with van der Waals surface area (Å²) < 4.78 is 5.70. The van der Waals surface area contributed by atoms with Gasteiger partial charge >= 0.3 is 0 Å². The van der Waals surface area contributed by atoms with Crippen LogP contribution >= 0.6 is 0 Å². The maximum atomic E-state index is 10.5. The standard InChI is InChI=1S/C17H15N3O2.C7H13N/c1-9-16-15(22-10(2)19-16)7-11(17(9)21)14-8-18-12-5-3-4-6-13(12)20-14;1-2-6-8-7(3-1)4-5-7/h3-8,15-16,21H,1-2H3;8H,1-6H2. The summed E-state index contributed by atoms with van der Waals surface area (Å²) in [6.07, 6.45) is 10.6. The molecule has 2 aliphatic heterocycles. The van der Waals surface area contributed by atoms with Crippen LogP contribution in [-0.4, -0.2) is 45.2 Å². The summed E-state index contributed by atoms with van der Waals surface area (Å²) >= 11 is 0. The highest BCUT2D eigenvalue weighted by atomic mass is 16.5. The van der Waals surface area contributed by atoms with E-state index >= 15 is 0 Å². The van der Waals surface area contributed by atoms with Crippen LogP contribution in [0.25, 0.3) is 16.6 Å². The second-order valence-electron chi connectivity index (χ2n) is 8.70. The monoisotopic (exact) mass is 404 g/mol. The van der Waals surface area contributed by atoms with Crippen molar-refractivity contribution in [2.24, 2.45) is 4.99 Å². The number of aliphatic imine (C=N–C) groups is 1. The van der Waals surface area contributed by atoms with Crippen LogP contribution in [0.15, 0.2) is 52.9 Å². The quantitative estimate of drug-likeness (QED) is 0.739. The van der Waals surface area contributed by atoms with E-state index in [0.29, 0.717) is 22.7 Å². The molecular formula is C24H28N4O2. The molecule has 2 fully saturated rings. The van der Waals surface area contributed by atoms with Gasteiger partial charge in [0, 0.05) is 18.0 Å². The number of benzene rings is 1. The SMILES string of the molecule is C1CCC2(CC2)NC1.CC1=NC2C(C)=C(O)C(c3cnc4ccccc4n3)=CC2O1. The predicted octanol–water partition coefficient (Wildman–Crippen LogP) is 4.34. The third-order valence-corrected chi connectivity index (χ3v) is 6.50. The number of aliphatic hydroxyl groups excluding tert-OH is 1. The summed E-state index contributed by atoms with van der Waals surface area (Å²) in [5, 5.41) is 14.1. The van der Waals surface area contributed by atoms with Crippen molar-refractivity contribution in [2.75, 3.05) is 6.54 Å². The van der Waals surface area contributed by atoms with E-state index in [1.165, 1.54) is 38.6 Å². The molecule has 0 radical (unpaired) electrons. The van der Waals surface area contributed by atoms with E-state index in [9.17, 15) is 5.11 Å². The largest absolute Gasteiger partial charge is 0.507 e. The molecule has 1 saturated heterocycles. The van der Waals surface area contributed by atoms with Crippen LogP contribution in [0.3, 0.4) is 0 Å². The Labute approximate surface area is 176 Å². The average molecular weight is 405 g/mol. The minimum Gasteiger partial charge on any atom is -0.507 e. The lowest BCUT2D eigenvalue weighted by molar-refractivity contribution is 0.244. The van der Waals surface area contributed by atoms with Gasteiger partial charge in [-0.15, -0.1) is 0 Å². The summed E-state index contributed by atoms with van der Waals surface area (Å²) in [6, 6.07) is 7.53. The minimum atomic E-state index is -0.181. The van der Waals surface area contributed by atoms with E-state index in [2.05, 4.69) is 20.3 Å². The Morgan fingerprint density at radius 3 is 2.60 bits per heavy atom. The first-order chi connectivity index (χ1) is 14.5. The van der Waals surface area contributed by atoms with Crippen molar-refractivity contribution in [3.05, 3.63) is 53.6 Å². The zero-order chi connectivity index (χ0) is 20.7. The van der Waals surface area contributed by atoms with Gasteiger partial charge in [0.05, 0.1) is 22.9 Å². The molecule has 2 aromatic rings. The van der Waals surface area contributed by atoms with Gasteiger partial charge in [-0.3, -0.25) is 4.98 Å². The molecule has 0 amide bonds. The fourth-order valence-electron chi connectivity index (χ4n) is 4.53. The van der Waals surface area contributed by atoms with Gasteiger partial charge in [-0.2, -0.15) is 0 Å². The lowest BCUT2D eigenvalue weighted by Crippen LogP contribution is -2.35. The van der Waals surface area contributed by atoms with Gasteiger partial charge in [0.25, 0.3) is 0 Å². The van der Waals surface area contributed by atoms with Gasteiger partial charge in [0.2, 0.25) is 0 Å². The van der Waals surface area contributed by atoms with Gasteiger partial charge < -0.3 is 15.2 Å². The molecule has 30 heavy (non-hydrogen) atoms. The third kappa shape index (κ3) is 3.60. The smallest absolute Gasteiger partial charge is 0.181 e. The number of hydrogen-bond donors (Lipinski definition) is 2. The van der Waals surface area contributed by atoms with Crippen LogP contribution in [-0.2, 0) is 4.74 Å². The number of ether oxygens (including phenoxy) is 1. The van der Waals surface area contributed by atoms with Crippen molar-refractivity contribution in [1.29, 1.82) is 0 Å². The van der Waals surface area contributed by atoms with Crippen LogP contribution in [0.2, 0.25) is 0 Å². The molecule has 2 N–H and O–H groups in total. The van der Waals surface area contributed by atoms with E-state index < -0.39 is 0 Å². The molecule has 2 aliphatic carbocycles. The molecule has 6 rings (SSSR count). The van der Waals surface area contributed by atoms with E-state index in [4.69, 9.17) is 4.74 Å². The molecular weight excluding hydrogens is 376 g/mol. The molecule has 3 heterocycles. The van der Waals surface area contributed by atoms with Gasteiger partial charge in [0.15, 0.2) is 5.90 Å². The Morgan fingerprint density at radius 1 is 1.10 bits per heavy atom. The number of aromatic nitrogens is 2. The van der Waals surface area contributed by atoms with Crippen LogP contribution in [0, 0.1) is 0 Å². The molecule has 1 saturated carbocycles. The topological polar surface area (TPSA) is 79.6 Å². The Morgan fingerprint density at radius 2 is 1.90 bits per heavy atom. The minimum absolute atomic E-state index is 0.142. The zero-order valence-corrected chi connectivity index (χ0v) is 17.6. The van der Waals surface area contributed by atoms with Crippen LogP contribution < -0.4 is 5.32 Å². The first-order valence-electron chi connectivity index (χ1n) is 10.8. The zero-order valence-electron chi connectivity index (χ0n) is 17.6. The number of nitrogens with one attached hydrogen (secondary N) is 1. The van der Waals surface area contributed by atoms with E-state index in [-0.39, 0.29) is 17.9 Å². The van der Waals surface area contributed by atoms with E-state index in [1.54, 1.807) is 6.20 Å². The number of piperidine rings is 1. The Kier molecular flexibility index (Phi) is 4.82. The summed E-state index contributed by atoms with van der Waals surface area (Å²) in [5.74, 6) is 0.858. The van der Waals surface area contributed by atoms with Gasteiger partial charge in [-0.05, 0) is 62.9 Å². The predicted molar refractivity (Wildman–Crippen MR) is 118 cm³/mol. The molecule has 4 aliphatic rings. The van der Waals surface area contributed by atoms with Crippen molar-refractivity contribution >= 4 is 22.5 Å². The maximum Gasteiger partial charge on any atom is 0.181 e. The van der Waals surface area contributed by atoms with Gasteiger partial charge in [-0.1, -0.05) is 18.6 Å². The van der Waals surface area contributed by atoms with Gasteiger partial charge in [0.1, 0.15) is 17.9 Å². The Hall–Kier alpha value is -2.73. The highest BCUT2D eigenvalue weighted by molar-refractivity contribution is 5.84. The van der Waals surface area contributed by atoms with Crippen molar-refractivity contribution in [1.82, 2.24) is 15.3 Å². The molecule has 156 valence electrons. The van der Waals surface area contributed by atoms with Crippen molar-refractivity contribution < 1.29 is 9.84 Å². The molecule has 2 unspecified atom stereocenters. The first-order valence-corrected chi connectivity index (χ1v) is 10.8. The molecule has 2 atom stereocenters. The third-order valence-electron chi connectivity index (χ3n) is 6.50.